The Bertz CT molecular complexity index is 1440. The Balaban J connectivity index is 0.000000162. The van der Waals surface area contributed by atoms with E-state index in [0.717, 1.165) is 39.7 Å². The molecule has 1 radical (unpaired) electrons. The van der Waals surface area contributed by atoms with Gasteiger partial charge in [0.25, 0.3) is 0 Å². The van der Waals surface area contributed by atoms with Gasteiger partial charge in [0.15, 0.2) is 0 Å². The molecule has 0 saturated carbocycles. The number of rotatable bonds is 4. The van der Waals surface area contributed by atoms with Crippen molar-refractivity contribution >= 4 is 23.1 Å². The second-order valence-corrected chi connectivity index (χ2v) is 7.61. The van der Waals surface area contributed by atoms with E-state index in [0.29, 0.717) is 0 Å². The van der Waals surface area contributed by atoms with Crippen LogP contribution in [0.25, 0.3) is 45.7 Å². The van der Waals surface area contributed by atoms with Crippen LogP contribution in [0.15, 0.2) is 85.2 Å². The number of methoxy groups -OCH3 is 2. The first kappa shape index (κ1) is 24.3. The summed E-state index contributed by atoms with van der Waals surface area (Å²) in [5.41, 5.74) is 7.13. The number of ether oxygens (including phenoxy) is 2. The van der Waals surface area contributed by atoms with Crippen molar-refractivity contribution in [3.05, 3.63) is 102 Å². The quantitative estimate of drug-likeness (QED) is 0.211. The number of nitrogens with zero attached hydrogens (tertiary/aromatic N) is 3. The van der Waals surface area contributed by atoms with Gasteiger partial charge in [0, 0.05) is 50.0 Å². The fraction of sp³-hybridized carbons (Fsp3) is 0.0690. The summed E-state index contributed by atoms with van der Waals surface area (Å²) in [6.07, 6.45) is 7.69. The molecule has 6 heteroatoms. The molecule has 3 aromatic heterocycles. The van der Waals surface area contributed by atoms with Gasteiger partial charge in [0.05, 0.1) is 31.1 Å². The molecule has 0 unspecified atom stereocenters. The molecular formula is C29H22IrN3O2-. The Labute approximate surface area is 217 Å². The minimum Gasteiger partial charge on any atom is -0.497 e. The topological polar surface area (TPSA) is 57.1 Å². The molecule has 3 heterocycles. The number of pyridine rings is 3. The molecular weight excluding hydrogens is 615 g/mol. The van der Waals surface area contributed by atoms with Gasteiger partial charge in [-0.25, -0.2) is 0 Å². The minimum atomic E-state index is 0. The summed E-state index contributed by atoms with van der Waals surface area (Å²) in [5, 5.41) is 1.26. The maximum Gasteiger partial charge on any atom is 0.122 e. The number of hydrogen-bond acceptors (Lipinski definition) is 5. The molecule has 0 fully saturated rings. The van der Waals surface area contributed by atoms with Gasteiger partial charge in [0.2, 0.25) is 0 Å². The van der Waals surface area contributed by atoms with E-state index in [4.69, 9.17) is 14.5 Å². The first-order valence-electron chi connectivity index (χ1n) is 10.8. The summed E-state index contributed by atoms with van der Waals surface area (Å²) < 4.78 is 10.3. The van der Waals surface area contributed by atoms with E-state index in [9.17, 15) is 0 Å². The first-order chi connectivity index (χ1) is 16.7. The van der Waals surface area contributed by atoms with E-state index >= 15 is 0 Å². The van der Waals surface area contributed by atoms with Crippen molar-refractivity contribution in [3.63, 3.8) is 0 Å². The van der Waals surface area contributed by atoms with Crippen LogP contribution < -0.4 is 9.47 Å². The molecule has 0 amide bonds. The monoisotopic (exact) mass is 637 g/mol. The van der Waals surface area contributed by atoms with Crippen LogP contribution in [-0.2, 0) is 20.1 Å². The van der Waals surface area contributed by atoms with Crippen LogP contribution in [0.2, 0.25) is 0 Å². The third kappa shape index (κ3) is 5.29. The van der Waals surface area contributed by atoms with E-state index < -0.39 is 0 Å². The van der Waals surface area contributed by atoms with Crippen molar-refractivity contribution in [3.8, 4) is 34.1 Å². The van der Waals surface area contributed by atoms with Gasteiger partial charge in [-0.2, -0.15) is 0 Å². The fourth-order valence-electron chi connectivity index (χ4n) is 3.84. The second kappa shape index (κ2) is 11.0. The standard InChI is InChI=1S/C17H10N.C12H12N2O2.Ir/c1-2-5-12(6-3-1)16-11-14-10-9-13-7-4-8-15(18-16)17(13)14;1-15-9-3-5-13-11(7-9)12-8-10(16-2)4-6-14-12;/h1-5,7-11H;3-8H,1-2H3;/q-1;;. The number of aromatic nitrogens is 3. The molecule has 1 aliphatic rings. The molecule has 2 aromatic carbocycles. The minimum absolute atomic E-state index is 0. The Hall–Kier alpha value is -3.86. The van der Waals surface area contributed by atoms with Crippen molar-refractivity contribution < 1.29 is 29.6 Å². The summed E-state index contributed by atoms with van der Waals surface area (Å²) in [7, 11) is 3.25. The van der Waals surface area contributed by atoms with Crippen molar-refractivity contribution in [2.45, 2.75) is 0 Å². The molecule has 0 N–H and O–H groups in total. The fourth-order valence-corrected chi connectivity index (χ4v) is 3.84. The van der Waals surface area contributed by atoms with Crippen molar-refractivity contribution in [2.75, 3.05) is 14.2 Å². The molecule has 0 bridgehead atoms. The Kier molecular flexibility index (Phi) is 7.66. The van der Waals surface area contributed by atoms with Gasteiger partial charge in [-0.05, 0) is 35.0 Å². The molecule has 0 saturated heterocycles. The summed E-state index contributed by atoms with van der Waals surface area (Å²) in [4.78, 5) is 13.2. The molecule has 5 nitrogen and oxygen atoms in total. The molecule has 175 valence electrons. The zero-order valence-electron chi connectivity index (χ0n) is 19.2. The second-order valence-electron chi connectivity index (χ2n) is 7.61. The predicted octanol–water partition coefficient (Wildman–Crippen LogP) is 6.34. The van der Waals surface area contributed by atoms with Gasteiger partial charge >= 0.3 is 0 Å². The smallest absolute Gasteiger partial charge is 0.122 e. The molecule has 6 rings (SSSR count). The van der Waals surface area contributed by atoms with Gasteiger partial charge in [-0.1, -0.05) is 30.4 Å². The van der Waals surface area contributed by atoms with E-state index in [-0.39, 0.29) is 20.1 Å². The molecule has 0 spiro atoms. The van der Waals surface area contributed by atoms with Gasteiger partial charge < -0.3 is 9.47 Å². The summed E-state index contributed by atoms with van der Waals surface area (Å²) in [6, 6.07) is 26.9. The maximum absolute atomic E-state index is 5.13. The normalized spacial score (nSPS) is 10.8. The molecule has 5 aromatic rings. The van der Waals surface area contributed by atoms with Gasteiger partial charge in [-0.15, -0.1) is 35.9 Å². The van der Waals surface area contributed by atoms with Crippen LogP contribution in [0.5, 0.6) is 11.5 Å². The van der Waals surface area contributed by atoms with Crippen LogP contribution in [0.1, 0.15) is 11.1 Å². The van der Waals surface area contributed by atoms with Crippen LogP contribution in [0, 0.1) is 6.07 Å². The Morgan fingerprint density at radius 1 is 0.686 bits per heavy atom. The average molecular weight is 637 g/mol. The first-order valence-corrected chi connectivity index (χ1v) is 10.8. The van der Waals surface area contributed by atoms with Crippen molar-refractivity contribution in [2.24, 2.45) is 0 Å². The largest absolute Gasteiger partial charge is 0.497 e. The Morgan fingerprint density at radius 2 is 1.37 bits per heavy atom. The van der Waals surface area contributed by atoms with E-state index in [1.807, 2.05) is 36.4 Å². The van der Waals surface area contributed by atoms with Gasteiger partial charge in [0.1, 0.15) is 11.5 Å². The Morgan fingerprint density at radius 3 is 2.00 bits per heavy atom. The molecule has 35 heavy (non-hydrogen) atoms. The third-order valence-electron chi connectivity index (χ3n) is 5.52. The van der Waals surface area contributed by atoms with E-state index in [1.165, 1.54) is 16.5 Å². The zero-order valence-corrected chi connectivity index (χ0v) is 21.6. The van der Waals surface area contributed by atoms with E-state index in [2.05, 4.69) is 52.5 Å². The molecule has 0 aliphatic heterocycles. The van der Waals surface area contributed by atoms with Crippen molar-refractivity contribution in [1.82, 2.24) is 15.0 Å². The van der Waals surface area contributed by atoms with Crippen LogP contribution >= 0.6 is 0 Å². The number of benzene rings is 2. The van der Waals surface area contributed by atoms with Crippen LogP contribution in [0.3, 0.4) is 0 Å². The SMILES string of the molecule is COc1ccnc(-c2cc(OC)ccn2)c1.[Ir].[c-]1ccccc1-c1cc2c3c(cccc3n1)C=C2. The van der Waals surface area contributed by atoms with Gasteiger partial charge in [-0.3, -0.25) is 15.0 Å². The van der Waals surface area contributed by atoms with E-state index in [1.54, 1.807) is 38.7 Å². The third-order valence-corrected chi connectivity index (χ3v) is 5.52. The van der Waals surface area contributed by atoms with Crippen LogP contribution in [-0.4, -0.2) is 29.2 Å². The maximum atomic E-state index is 5.13. The van der Waals surface area contributed by atoms with Crippen LogP contribution in [0.4, 0.5) is 0 Å². The van der Waals surface area contributed by atoms with Crippen molar-refractivity contribution in [1.29, 1.82) is 0 Å². The zero-order chi connectivity index (χ0) is 23.3. The number of hydrogen-bond donors (Lipinski definition) is 0. The summed E-state index contributed by atoms with van der Waals surface area (Å²) in [5.74, 6) is 1.52. The molecule has 1 aliphatic carbocycles. The predicted molar refractivity (Wildman–Crippen MR) is 136 cm³/mol. The molecule has 0 atom stereocenters. The average Bonchev–Trinajstić information content (AvgIpc) is 3.34. The summed E-state index contributed by atoms with van der Waals surface area (Å²) in [6.45, 7) is 0. The summed E-state index contributed by atoms with van der Waals surface area (Å²) >= 11 is 0.